The van der Waals surface area contributed by atoms with Gasteiger partial charge in [-0.15, -0.1) is 0 Å². The molecule has 0 aliphatic carbocycles. The van der Waals surface area contributed by atoms with Crippen LogP contribution in [0.1, 0.15) is 11.1 Å². The van der Waals surface area contributed by atoms with E-state index in [2.05, 4.69) is 10.6 Å². The monoisotopic (exact) mass is 392 g/mol. The van der Waals surface area contributed by atoms with Gasteiger partial charge in [-0.05, 0) is 30.3 Å². The van der Waals surface area contributed by atoms with Gasteiger partial charge in [-0.25, -0.2) is 4.79 Å². The predicted octanol–water partition coefficient (Wildman–Crippen LogP) is 2.26. The first-order chi connectivity index (χ1) is 14.0. The number of carbonyl (C=O) groups excluding carboxylic acids is 3. The van der Waals surface area contributed by atoms with Gasteiger partial charge in [0.05, 0.1) is 14.2 Å². The van der Waals surface area contributed by atoms with E-state index in [1.807, 2.05) is 0 Å². The van der Waals surface area contributed by atoms with Crippen molar-refractivity contribution in [2.45, 2.75) is 0 Å². The third-order valence-corrected chi connectivity index (χ3v) is 4.52. The van der Waals surface area contributed by atoms with Crippen molar-refractivity contribution in [3.05, 3.63) is 65.2 Å². The highest BCUT2D eigenvalue weighted by Gasteiger charge is 2.33. The number of barbiturate groups is 1. The van der Waals surface area contributed by atoms with Crippen molar-refractivity contribution in [2.75, 3.05) is 14.2 Å². The molecular weight excluding hydrogens is 376 g/mol. The Labute approximate surface area is 165 Å². The molecule has 0 atom stereocenters. The summed E-state index contributed by atoms with van der Waals surface area (Å²) in [5, 5.41) is 4.20. The number of benzene rings is 2. The van der Waals surface area contributed by atoms with E-state index in [0.717, 1.165) is 0 Å². The first kappa shape index (κ1) is 18.3. The summed E-state index contributed by atoms with van der Waals surface area (Å²) in [6.07, 6.45) is 1.59. The Bertz CT molecular complexity index is 1090. The second-order valence-electron chi connectivity index (χ2n) is 6.20. The molecule has 8 heteroatoms. The van der Waals surface area contributed by atoms with Crippen molar-refractivity contribution < 1.29 is 28.6 Å². The molecule has 29 heavy (non-hydrogen) atoms. The number of allylic oxidation sites excluding steroid dienone is 2. The number of imide groups is 2. The Morgan fingerprint density at radius 2 is 1.55 bits per heavy atom. The van der Waals surface area contributed by atoms with E-state index in [-0.39, 0.29) is 5.57 Å². The predicted molar refractivity (Wildman–Crippen MR) is 103 cm³/mol. The second kappa shape index (κ2) is 7.16. The van der Waals surface area contributed by atoms with Crippen molar-refractivity contribution in [3.8, 4) is 17.2 Å². The first-order valence-corrected chi connectivity index (χ1v) is 8.64. The van der Waals surface area contributed by atoms with Crippen LogP contribution in [0.3, 0.4) is 0 Å². The maximum Gasteiger partial charge on any atom is 0.328 e. The van der Waals surface area contributed by atoms with E-state index in [1.54, 1.807) is 48.5 Å². The minimum absolute atomic E-state index is 0.168. The molecule has 0 unspecified atom stereocenters. The molecule has 0 spiro atoms. The smallest absolute Gasteiger partial charge is 0.328 e. The standard InChI is InChI=1S/C21H16N2O6/c1-27-15-8-7-11(9-17(15)28-2)16-10-13(12-5-3-4-6-14(12)29-16)18-19(24)22-21(26)23-20(18)25/h3-10H,1-2H3,(H2,22,23,24,25,26). The molecule has 4 amide bonds. The number of para-hydroxylation sites is 1. The van der Waals surface area contributed by atoms with Gasteiger partial charge in [-0.1, -0.05) is 18.2 Å². The SMILES string of the molecule is COc1ccc(C2=CC(=C3C(=O)NC(=O)NC3=O)c3ccccc3O2)cc1OC. The third kappa shape index (κ3) is 3.20. The van der Waals surface area contributed by atoms with Crippen LogP contribution in [0.25, 0.3) is 11.3 Å². The number of methoxy groups -OCH3 is 2. The van der Waals surface area contributed by atoms with Crippen molar-refractivity contribution in [1.29, 1.82) is 0 Å². The molecule has 0 bridgehead atoms. The molecule has 2 aliphatic heterocycles. The average molecular weight is 392 g/mol. The Kier molecular flexibility index (Phi) is 4.52. The minimum Gasteiger partial charge on any atom is -0.493 e. The van der Waals surface area contributed by atoms with Gasteiger partial charge < -0.3 is 14.2 Å². The molecular formula is C21H16N2O6. The van der Waals surface area contributed by atoms with Crippen molar-refractivity contribution in [3.63, 3.8) is 0 Å². The Morgan fingerprint density at radius 3 is 2.24 bits per heavy atom. The van der Waals surface area contributed by atoms with Crippen LogP contribution in [0.15, 0.2) is 54.1 Å². The zero-order valence-electron chi connectivity index (χ0n) is 15.6. The summed E-state index contributed by atoms with van der Waals surface area (Å²) in [5.41, 5.74) is 1.40. The summed E-state index contributed by atoms with van der Waals surface area (Å²) in [5.74, 6) is 0.392. The van der Waals surface area contributed by atoms with Crippen LogP contribution >= 0.6 is 0 Å². The van der Waals surface area contributed by atoms with Crippen molar-refractivity contribution in [2.24, 2.45) is 0 Å². The van der Waals surface area contributed by atoms with Crippen LogP contribution in [-0.2, 0) is 9.59 Å². The van der Waals surface area contributed by atoms with Crippen molar-refractivity contribution in [1.82, 2.24) is 10.6 Å². The first-order valence-electron chi connectivity index (χ1n) is 8.64. The van der Waals surface area contributed by atoms with Gasteiger partial charge in [0.2, 0.25) is 0 Å². The highest BCUT2D eigenvalue weighted by Crippen LogP contribution is 2.40. The number of hydrogen-bond donors (Lipinski definition) is 2. The summed E-state index contributed by atoms with van der Waals surface area (Å²) < 4.78 is 16.6. The summed E-state index contributed by atoms with van der Waals surface area (Å²) in [6.45, 7) is 0. The molecule has 146 valence electrons. The molecule has 2 aromatic carbocycles. The van der Waals surface area contributed by atoms with Gasteiger partial charge in [0, 0.05) is 16.7 Å². The van der Waals surface area contributed by atoms with Crippen LogP contribution in [0.5, 0.6) is 17.2 Å². The number of carbonyl (C=O) groups is 3. The second-order valence-corrected chi connectivity index (χ2v) is 6.20. The van der Waals surface area contributed by atoms with Gasteiger partial charge in [0.25, 0.3) is 11.8 Å². The van der Waals surface area contributed by atoms with Gasteiger partial charge in [0.15, 0.2) is 11.5 Å². The normalized spacial score (nSPS) is 15.7. The van der Waals surface area contributed by atoms with Crippen LogP contribution in [0.4, 0.5) is 4.79 Å². The Morgan fingerprint density at radius 1 is 0.862 bits per heavy atom. The quantitative estimate of drug-likeness (QED) is 0.614. The molecule has 0 aromatic heterocycles. The number of rotatable bonds is 3. The fourth-order valence-electron chi connectivity index (χ4n) is 3.18. The molecule has 0 radical (unpaired) electrons. The number of hydrogen-bond acceptors (Lipinski definition) is 6. The lowest BCUT2D eigenvalue weighted by Gasteiger charge is -2.24. The topological polar surface area (TPSA) is 103 Å². The zero-order chi connectivity index (χ0) is 20.5. The highest BCUT2D eigenvalue weighted by molar-refractivity contribution is 6.33. The number of fused-ring (bicyclic) bond motifs is 1. The largest absolute Gasteiger partial charge is 0.493 e. The van der Waals surface area contributed by atoms with Crippen molar-refractivity contribution >= 4 is 29.2 Å². The number of ether oxygens (including phenoxy) is 3. The van der Waals surface area contributed by atoms with E-state index in [0.29, 0.717) is 39.7 Å². The molecule has 1 fully saturated rings. The maximum absolute atomic E-state index is 12.4. The molecule has 0 saturated carbocycles. The molecule has 1 saturated heterocycles. The van der Waals surface area contributed by atoms with E-state index in [4.69, 9.17) is 14.2 Å². The minimum atomic E-state index is -0.853. The molecule has 4 rings (SSSR count). The van der Waals surface area contributed by atoms with Gasteiger partial charge in [-0.2, -0.15) is 0 Å². The fraction of sp³-hybridized carbons (Fsp3) is 0.0952. The molecule has 2 aliphatic rings. The molecule has 2 heterocycles. The maximum atomic E-state index is 12.4. The fourth-order valence-corrected chi connectivity index (χ4v) is 3.18. The van der Waals surface area contributed by atoms with Crippen LogP contribution in [-0.4, -0.2) is 32.1 Å². The van der Waals surface area contributed by atoms with Gasteiger partial charge in [-0.3, -0.25) is 20.2 Å². The van der Waals surface area contributed by atoms with Crippen LogP contribution in [0, 0.1) is 0 Å². The number of amides is 4. The summed E-state index contributed by atoms with van der Waals surface area (Å²) in [6, 6.07) is 11.4. The third-order valence-electron chi connectivity index (χ3n) is 4.52. The van der Waals surface area contributed by atoms with E-state index < -0.39 is 17.8 Å². The van der Waals surface area contributed by atoms with Gasteiger partial charge >= 0.3 is 6.03 Å². The zero-order valence-corrected chi connectivity index (χ0v) is 15.6. The highest BCUT2D eigenvalue weighted by atomic mass is 16.5. The van der Waals surface area contributed by atoms with E-state index in [1.165, 1.54) is 14.2 Å². The summed E-state index contributed by atoms with van der Waals surface area (Å²) >= 11 is 0. The average Bonchev–Trinajstić information content (AvgIpc) is 2.72. The lowest BCUT2D eigenvalue weighted by atomic mass is 9.93. The lowest BCUT2D eigenvalue weighted by Crippen LogP contribution is -2.51. The molecule has 8 nitrogen and oxygen atoms in total. The number of nitrogens with one attached hydrogen (secondary N) is 2. The van der Waals surface area contributed by atoms with Crippen LogP contribution in [0.2, 0.25) is 0 Å². The summed E-state index contributed by atoms with van der Waals surface area (Å²) in [7, 11) is 3.06. The Hall–Kier alpha value is -4.07. The summed E-state index contributed by atoms with van der Waals surface area (Å²) in [4.78, 5) is 36.2. The molecule has 2 N–H and O–H groups in total. The van der Waals surface area contributed by atoms with Crippen LogP contribution < -0.4 is 24.8 Å². The lowest BCUT2D eigenvalue weighted by molar-refractivity contribution is -0.123. The molecule has 2 aromatic rings. The van der Waals surface area contributed by atoms with E-state index in [9.17, 15) is 14.4 Å². The van der Waals surface area contributed by atoms with Gasteiger partial charge in [0.1, 0.15) is 17.1 Å². The van der Waals surface area contributed by atoms with E-state index >= 15 is 0 Å². The Balaban J connectivity index is 1.90. The number of urea groups is 1.